The number of hydrogen-bond acceptors (Lipinski definition) is 4. The van der Waals surface area contributed by atoms with Crippen LogP contribution in [0.5, 0.6) is 0 Å². The Morgan fingerprint density at radius 3 is 2.80 bits per heavy atom. The summed E-state index contributed by atoms with van der Waals surface area (Å²) in [6.07, 6.45) is 18.4. The highest BCUT2D eigenvalue weighted by Gasteiger charge is 2.47. The zero-order chi connectivity index (χ0) is 18.1. The molecule has 2 aliphatic rings. The van der Waals surface area contributed by atoms with Crippen LogP contribution >= 0.6 is 0 Å². The Balaban J connectivity index is 1.70. The predicted octanol–water partition coefficient (Wildman–Crippen LogP) is 3.46. The molecule has 0 unspecified atom stereocenters. The number of allylic oxidation sites excluding steroid dienone is 3. The summed E-state index contributed by atoms with van der Waals surface area (Å²) in [7, 11) is 0. The minimum Gasteiger partial charge on any atom is -0.461 e. The van der Waals surface area contributed by atoms with Crippen molar-refractivity contribution in [1.82, 2.24) is 0 Å². The molecule has 0 radical (unpaired) electrons. The predicted molar refractivity (Wildman–Crippen MR) is 98.8 cm³/mol. The third-order valence-electron chi connectivity index (χ3n) is 4.66. The van der Waals surface area contributed by atoms with Crippen molar-refractivity contribution in [3.63, 3.8) is 0 Å². The lowest BCUT2D eigenvalue weighted by Gasteiger charge is -2.15. The number of rotatable bonds is 9. The van der Waals surface area contributed by atoms with E-state index in [-0.39, 0.29) is 23.9 Å². The molecule has 2 N–H and O–H groups in total. The zero-order valence-electron chi connectivity index (χ0n) is 15.0. The second kappa shape index (κ2) is 10.4. The van der Waals surface area contributed by atoms with Gasteiger partial charge >= 0.3 is 5.97 Å². The third kappa shape index (κ3) is 7.00. The van der Waals surface area contributed by atoms with E-state index in [0.717, 1.165) is 25.7 Å². The lowest BCUT2D eigenvalue weighted by molar-refractivity contribution is -0.148. The Morgan fingerprint density at radius 1 is 1.20 bits per heavy atom. The highest BCUT2D eigenvalue weighted by atomic mass is 16.5. The average Bonchev–Trinajstić information content (AvgIpc) is 3.40. The first-order chi connectivity index (χ1) is 12.1. The van der Waals surface area contributed by atoms with Crippen LogP contribution in [0.2, 0.25) is 0 Å². The van der Waals surface area contributed by atoms with Crippen LogP contribution in [-0.2, 0) is 9.53 Å². The van der Waals surface area contributed by atoms with Gasteiger partial charge in [-0.2, -0.15) is 0 Å². The number of cyclic esters (lactones) is 1. The second-order valence-corrected chi connectivity index (χ2v) is 6.77. The van der Waals surface area contributed by atoms with E-state index in [0.29, 0.717) is 12.8 Å². The van der Waals surface area contributed by atoms with Gasteiger partial charge in [0, 0.05) is 12.3 Å². The van der Waals surface area contributed by atoms with Crippen molar-refractivity contribution >= 4 is 5.97 Å². The Hall–Kier alpha value is -1.65. The van der Waals surface area contributed by atoms with Crippen molar-refractivity contribution in [2.45, 2.75) is 63.8 Å². The number of aliphatic hydroxyl groups excluding tert-OH is 2. The smallest absolute Gasteiger partial charge is 0.309 e. The highest BCUT2D eigenvalue weighted by molar-refractivity contribution is 5.71. The number of esters is 1. The molecular formula is C21H30O4. The van der Waals surface area contributed by atoms with E-state index in [1.165, 1.54) is 0 Å². The van der Waals surface area contributed by atoms with E-state index in [2.05, 4.69) is 19.1 Å². The van der Waals surface area contributed by atoms with Gasteiger partial charge < -0.3 is 14.9 Å². The Kier molecular flexibility index (Phi) is 8.16. The molecule has 4 nitrogen and oxygen atoms in total. The summed E-state index contributed by atoms with van der Waals surface area (Å²) in [4.78, 5) is 11.5. The maximum Gasteiger partial charge on any atom is 0.309 e. The van der Waals surface area contributed by atoms with E-state index in [1.54, 1.807) is 12.2 Å². The molecule has 4 heteroatoms. The number of ether oxygens (including phenoxy) is 1. The van der Waals surface area contributed by atoms with Crippen LogP contribution in [0.4, 0.5) is 0 Å². The summed E-state index contributed by atoms with van der Waals surface area (Å²) in [5.74, 6) is 0.140. The normalized spacial score (nSPS) is 29.2. The van der Waals surface area contributed by atoms with E-state index in [1.807, 2.05) is 24.3 Å². The van der Waals surface area contributed by atoms with Crippen LogP contribution in [0.3, 0.4) is 0 Å². The Labute approximate surface area is 150 Å². The first kappa shape index (κ1) is 19.7. The van der Waals surface area contributed by atoms with E-state index >= 15 is 0 Å². The quantitative estimate of drug-likeness (QED) is 0.496. The standard InChI is InChI=1S/C21H30O4/c1-2-3-4-5-6-7-10-16(22)13-14-19(23)17-15-18(17)20-11-8-9-12-21(24)25-20/h3-4,6-9,13-14,16-20,22-23H,2,5,10-12,15H2,1H3/b4-3-,7-6-,14-13+/t16-,17+,18+,19+,20+/m0/s1. The molecule has 0 aromatic rings. The molecule has 1 heterocycles. The minimum absolute atomic E-state index is 0.113. The van der Waals surface area contributed by atoms with Gasteiger partial charge in [0.05, 0.1) is 18.6 Å². The molecule has 0 amide bonds. The van der Waals surface area contributed by atoms with Gasteiger partial charge in [0.15, 0.2) is 0 Å². The van der Waals surface area contributed by atoms with Crippen LogP contribution in [0.1, 0.15) is 45.4 Å². The van der Waals surface area contributed by atoms with Gasteiger partial charge in [0.1, 0.15) is 6.10 Å². The van der Waals surface area contributed by atoms with Gasteiger partial charge in [-0.05, 0) is 31.6 Å². The van der Waals surface area contributed by atoms with Gasteiger partial charge in [-0.25, -0.2) is 0 Å². The fraction of sp³-hybridized carbons (Fsp3) is 0.571. The van der Waals surface area contributed by atoms with Crippen molar-refractivity contribution in [1.29, 1.82) is 0 Å². The number of carbonyl (C=O) groups is 1. The SMILES string of the molecule is CC/C=C\C/C=C\C[C@H](O)/C=C/[C@@H](O)[C@@H]1C[C@H]1[C@H]1CC=CCC(=O)O1. The average molecular weight is 346 g/mol. The maximum absolute atomic E-state index is 11.5. The first-order valence-corrected chi connectivity index (χ1v) is 9.30. The Morgan fingerprint density at radius 2 is 2.00 bits per heavy atom. The minimum atomic E-state index is -0.595. The van der Waals surface area contributed by atoms with Crippen molar-refractivity contribution in [2.75, 3.05) is 0 Å². The molecule has 0 aromatic carbocycles. The summed E-state index contributed by atoms with van der Waals surface area (Å²) >= 11 is 0. The second-order valence-electron chi connectivity index (χ2n) is 6.77. The number of carbonyl (C=O) groups excluding carboxylic acids is 1. The van der Waals surface area contributed by atoms with Crippen LogP contribution in [0.25, 0.3) is 0 Å². The van der Waals surface area contributed by atoms with Crippen molar-refractivity contribution in [3.05, 3.63) is 48.6 Å². The van der Waals surface area contributed by atoms with Gasteiger partial charge in [-0.3, -0.25) is 4.79 Å². The molecule has 2 rings (SSSR count). The maximum atomic E-state index is 11.5. The molecule has 0 spiro atoms. The summed E-state index contributed by atoms with van der Waals surface area (Å²) < 4.78 is 5.43. The molecular weight excluding hydrogens is 316 g/mol. The summed E-state index contributed by atoms with van der Waals surface area (Å²) in [5, 5.41) is 20.2. The topological polar surface area (TPSA) is 66.8 Å². The number of hydrogen-bond donors (Lipinski definition) is 2. The van der Waals surface area contributed by atoms with Crippen LogP contribution in [-0.4, -0.2) is 34.5 Å². The third-order valence-corrected chi connectivity index (χ3v) is 4.66. The first-order valence-electron chi connectivity index (χ1n) is 9.30. The summed E-state index contributed by atoms with van der Waals surface area (Å²) in [5.41, 5.74) is 0. The van der Waals surface area contributed by atoms with Gasteiger partial charge in [0.25, 0.3) is 0 Å². The van der Waals surface area contributed by atoms with E-state index in [4.69, 9.17) is 4.74 Å². The largest absolute Gasteiger partial charge is 0.461 e. The molecule has 1 aliphatic heterocycles. The van der Waals surface area contributed by atoms with Crippen molar-refractivity contribution in [2.24, 2.45) is 11.8 Å². The van der Waals surface area contributed by atoms with E-state index < -0.39 is 12.2 Å². The van der Waals surface area contributed by atoms with Crippen molar-refractivity contribution < 1.29 is 19.7 Å². The molecule has 0 aromatic heterocycles. The fourth-order valence-corrected chi connectivity index (χ4v) is 3.13. The molecule has 0 saturated heterocycles. The fourth-order valence-electron chi connectivity index (χ4n) is 3.13. The molecule has 0 bridgehead atoms. The molecule has 138 valence electrons. The van der Waals surface area contributed by atoms with E-state index in [9.17, 15) is 15.0 Å². The van der Waals surface area contributed by atoms with Gasteiger partial charge in [0.2, 0.25) is 0 Å². The van der Waals surface area contributed by atoms with Crippen LogP contribution < -0.4 is 0 Å². The molecule has 5 atom stereocenters. The van der Waals surface area contributed by atoms with Gasteiger partial charge in [-0.15, -0.1) is 0 Å². The highest BCUT2D eigenvalue weighted by Crippen LogP contribution is 2.46. The van der Waals surface area contributed by atoms with Crippen molar-refractivity contribution in [3.8, 4) is 0 Å². The summed E-state index contributed by atoms with van der Waals surface area (Å²) in [6, 6.07) is 0. The van der Waals surface area contributed by atoms with Gasteiger partial charge in [-0.1, -0.05) is 55.5 Å². The molecule has 1 fully saturated rings. The number of aliphatic hydroxyl groups is 2. The lowest BCUT2D eigenvalue weighted by Crippen LogP contribution is -2.21. The molecule has 25 heavy (non-hydrogen) atoms. The zero-order valence-corrected chi connectivity index (χ0v) is 15.0. The summed E-state index contributed by atoms with van der Waals surface area (Å²) in [6.45, 7) is 2.10. The van der Waals surface area contributed by atoms with Crippen LogP contribution in [0.15, 0.2) is 48.6 Å². The molecule has 1 saturated carbocycles. The monoisotopic (exact) mass is 346 g/mol. The van der Waals surface area contributed by atoms with Crippen LogP contribution in [0, 0.1) is 11.8 Å². The molecule has 1 aliphatic carbocycles. The Bertz CT molecular complexity index is 532. The lowest BCUT2D eigenvalue weighted by atomic mass is 10.1.